The molecule has 0 rings (SSSR count). The summed E-state index contributed by atoms with van der Waals surface area (Å²) in [5, 5.41) is -4.09. The zero-order valence-electron chi connectivity index (χ0n) is 4.27. The van der Waals surface area contributed by atoms with Crippen molar-refractivity contribution in [2.45, 2.75) is 0 Å². The second-order valence-corrected chi connectivity index (χ2v) is 2.57. The van der Waals surface area contributed by atoms with Gasteiger partial charge in [0.05, 0.1) is 0 Å². The van der Waals surface area contributed by atoms with Gasteiger partial charge in [-0.3, -0.25) is 0 Å². The molecule has 0 aliphatic heterocycles. The molecule has 10 heavy (non-hydrogen) atoms. The molecule has 0 amide bonds. The zero-order chi connectivity index (χ0) is 8.31. The van der Waals surface area contributed by atoms with Crippen molar-refractivity contribution in [2.75, 3.05) is 0 Å². The summed E-state index contributed by atoms with van der Waals surface area (Å²) in [5.74, 6) is 0. The highest BCUT2D eigenvalue weighted by Crippen LogP contribution is 2.30. The summed E-state index contributed by atoms with van der Waals surface area (Å²) in [6.07, 6.45) is 0. The summed E-state index contributed by atoms with van der Waals surface area (Å²) in [7, 11) is 0. The maximum absolute atomic E-state index is 11.9. The summed E-state index contributed by atoms with van der Waals surface area (Å²) in [5.41, 5.74) is 0. The molecule has 0 fully saturated rings. The van der Waals surface area contributed by atoms with Crippen molar-refractivity contribution in [3.05, 3.63) is 20.6 Å². The number of hydrogen-bond donors (Lipinski definition) is 0. The fourth-order valence-electron chi connectivity index (χ4n) is 0.166. The lowest BCUT2D eigenvalue weighted by molar-refractivity contribution is 0.680. The van der Waals surface area contributed by atoms with E-state index in [1.165, 1.54) is 0 Å². The lowest BCUT2D eigenvalue weighted by atomic mass is 10.6. The average Bonchev–Trinajstić information content (AvgIpc) is 1.84. The first-order valence-electron chi connectivity index (χ1n) is 1.88. The van der Waals surface area contributed by atoms with Gasteiger partial charge in [-0.2, -0.15) is 8.78 Å². The van der Waals surface area contributed by atoms with Crippen molar-refractivity contribution in [1.29, 1.82) is 0 Å². The quantitative estimate of drug-likeness (QED) is 0.589. The largest absolute Gasteiger partial charge is 0.209 e. The standard InChI is InChI=1S/C4Cl4F2/c5-1(3(7)9)2(6)4(8)10/b3-1+,4-2+. The summed E-state index contributed by atoms with van der Waals surface area (Å²) in [6.45, 7) is 0. The van der Waals surface area contributed by atoms with Crippen LogP contribution >= 0.6 is 46.4 Å². The molecule has 0 aromatic heterocycles. The molecule has 0 saturated heterocycles. The van der Waals surface area contributed by atoms with Gasteiger partial charge in [0.15, 0.2) is 0 Å². The van der Waals surface area contributed by atoms with Crippen LogP contribution in [-0.2, 0) is 0 Å². The Balaban J connectivity index is 4.71. The molecular formula is C4Cl4F2. The molecule has 0 aliphatic carbocycles. The lowest BCUT2D eigenvalue weighted by Gasteiger charge is -1.92. The third kappa shape index (κ3) is 3.06. The number of allylic oxidation sites excluding steroid dienone is 2. The Labute approximate surface area is 76.0 Å². The Morgan fingerprint density at radius 1 is 0.700 bits per heavy atom. The van der Waals surface area contributed by atoms with Crippen molar-refractivity contribution < 1.29 is 8.78 Å². The minimum Gasteiger partial charge on any atom is -0.192 e. The van der Waals surface area contributed by atoms with Gasteiger partial charge in [0.2, 0.25) is 10.6 Å². The van der Waals surface area contributed by atoms with Gasteiger partial charge in [-0.05, 0) is 23.2 Å². The minimum absolute atomic E-state index is 0.740. The van der Waals surface area contributed by atoms with Gasteiger partial charge in [0, 0.05) is 0 Å². The summed E-state index contributed by atoms with van der Waals surface area (Å²) < 4.78 is 23.7. The maximum atomic E-state index is 11.9. The first kappa shape index (κ1) is 10.5. The van der Waals surface area contributed by atoms with Gasteiger partial charge in [0.1, 0.15) is 10.1 Å². The maximum Gasteiger partial charge on any atom is 0.209 e. The summed E-state index contributed by atoms with van der Waals surface area (Å²) in [6, 6.07) is 0. The molecule has 0 spiro atoms. The van der Waals surface area contributed by atoms with Crippen molar-refractivity contribution in [3.8, 4) is 0 Å². The lowest BCUT2D eigenvalue weighted by Crippen LogP contribution is -1.74. The van der Waals surface area contributed by atoms with Gasteiger partial charge in [-0.25, -0.2) is 0 Å². The molecule has 0 aromatic carbocycles. The van der Waals surface area contributed by atoms with E-state index in [9.17, 15) is 8.78 Å². The second kappa shape index (κ2) is 4.39. The first-order chi connectivity index (χ1) is 4.46. The van der Waals surface area contributed by atoms with Gasteiger partial charge in [0.25, 0.3) is 0 Å². The highest BCUT2D eigenvalue weighted by atomic mass is 35.5. The van der Waals surface area contributed by atoms with Crippen LogP contribution < -0.4 is 0 Å². The molecule has 0 atom stereocenters. The van der Waals surface area contributed by atoms with Crippen LogP contribution in [0.15, 0.2) is 20.6 Å². The van der Waals surface area contributed by atoms with Crippen LogP contribution in [0, 0.1) is 0 Å². The topological polar surface area (TPSA) is 0 Å². The van der Waals surface area contributed by atoms with Crippen LogP contribution in [0.3, 0.4) is 0 Å². The molecular weight excluding hydrogens is 228 g/mol. The molecule has 0 saturated carbocycles. The van der Waals surface area contributed by atoms with E-state index >= 15 is 0 Å². The Morgan fingerprint density at radius 3 is 1.00 bits per heavy atom. The summed E-state index contributed by atoms with van der Waals surface area (Å²) in [4.78, 5) is 0. The van der Waals surface area contributed by atoms with Crippen LogP contribution in [0.1, 0.15) is 0 Å². The predicted octanol–water partition coefficient (Wildman–Crippen LogP) is 4.22. The van der Waals surface area contributed by atoms with Crippen molar-refractivity contribution in [3.63, 3.8) is 0 Å². The third-order valence-electron chi connectivity index (χ3n) is 0.525. The smallest absolute Gasteiger partial charge is 0.192 e. The van der Waals surface area contributed by atoms with Gasteiger partial charge >= 0.3 is 0 Å². The van der Waals surface area contributed by atoms with Crippen LogP contribution in [0.25, 0.3) is 0 Å². The van der Waals surface area contributed by atoms with Crippen molar-refractivity contribution in [2.24, 2.45) is 0 Å². The Hall–Kier alpha value is 0.500. The fourth-order valence-corrected chi connectivity index (χ4v) is 0.618. The molecule has 0 bridgehead atoms. The van der Waals surface area contributed by atoms with Gasteiger partial charge in [-0.15, -0.1) is 0 Å². The van der Waals surface area contributed by atoms with E-state index in [2.05, 4.69) is 0 Å². The van der Waals surface area contributed by atoms with Crippen molar-refractivity contribution in [1.82, 2.24) is 0 Å². The van der Waals surface area contributed by atoms with Crippen LogP contribution in [0.4, 0.5) is 8.78 Å². The molecule has 0 heterocycles. The molecule has 0 N–H and O–H groups in total. The molecule has 58 valence electrons. The number of halogens is 6. The molecule has 0 radical (unpaired) electrons. The second-order valence-electron chi connectivity index (χ2n) is 1.15. The van der Waals surface area contributed by atoms with Gasteiger partial charge < -0.3 is 0 Å². The SMILES string of the molecule is F/C(Cl)=C(Cl)\C(Cl)=C(/F)Cl. The number of hydrogen-bond acceptors (Lipinski definition) is 0. The third-order valence-corrected chi connectivity index (χ3v) is 1.90. The molecule has 0 unspecified atom stereocenters. The van der Waals surface area contributed by atoms with E-state index in [0.717, 1.165) is 0 Å². The van der Waals surface area contributed by atoms with Gasteiger partial charge in [-0.1, -0.05) is 23.2 Å². The van der Waals surface area contributed by atoms with E-state index in [-0.39, 0.29) is 0 Å². The molecule has 0 aliphatic rings. The first-order valence-corrected chi connectivity index (χ1v) is 3.40. The van der Waals surface area contributed by atoms with Crippen molar-refractivity contribution >= 4 is 46.4 Å². The normalized spacial score (nSPS) is 16.2. The Bertz CT molecular complexity index is 165. The van der Waals surface area contributed by atoms with E-state index in [1.54, 1.807) is 0 Å². The van der Waals surface area contributed by atoms with Crippen LogP contribution in [0.5, 0.6) is 0 Å². The molecule has 0 nitrogen and oxygen atoms in total. The van der Waals surface area contributed by atoms with E-state index in [1.807, 2.05) is 0 Å². The monoisotopic (exact) mass is 226 g/mol. The molecule has 6 heteroatoms. The highest BCUT2D eigenvalue weighted by molar-refractivity contribution is 6.50. The van der Waals surface area contributed by atoms with E-state index < -0.39 is 20.6 Å². The van der Waals surface area contributed by atoms with Crippen LogP contribution in [-0.4, -0.2) is 0 Å². The van der Waals surface area contributed by atoms with Crippen LogP contribution in [0.2, 0.25) is 0 Å². The van der Waals surface area contributed by atoms with E-state index in [0.29, 0.717) is 0 Å². The molecule has 0 aromatic rings. The number of rotatable bonds is 1. The Kier molecular flexibility index (Phi) is 4.61. The Morgan fingerprint density at radius 2 is 0.900 bits per heavy atom. The van der Waals surface area contributed by atoms with E-state index in [4.69, 9.17) is 46.4 Å². The average molecular weight is 228 g/mol. The predicted molar refractivity (Wildman–Crippen MR) is 39.7 cm³/mol. The minimum atomic E-state index is -1.30. The zero-order valence-corrected chi connectivity index (χ0v) is 7.29. The highest BCUT2D eigenvalue weighted by Gasteiger charge is 2.09. The summed E-state index contributed by atoms with van der Waals surface area (Å²) >= 11 is 19.4. The fraction of sp³-hybridized carbons (Fsp3) is 0.